The lowest BCUT2D eigenvalue weighted by atomic mass is 10.1. The molecule has 2 aromatic rings. The molecule has 0 fully saturated rings. The van der Waals surface area contributed by atoms with Crippen molar-refractivity contribution in [2.24, 2.45) is 0 Å². The molecule has 22 heavy (non-hydrogen) atoms. The SMILES string of the molecule is COc1cc(C[NH2+]CCc2ccc(F)cc2)cc2c1OCO2. The first-order valence-electron chi connectivity index (χ1n) is 7.29. The lowest BCUT2D eigenvalue weighted by Gasteiger charge is -2.08. The Hall–Kier alpha value is -2.27. The van der Waals surface area contributed by atoms with Gasteiger partial charge in [-0.1, -0.05) is 12.1 Å². The van der Waals surface area contributed by atoms with Gasteiger partial charge in [0.1, 0.15) is 12.4 Å². The Kier molecular flexibility index (Phi) is 4.44. The minimum atomic E-state index is -0.194. The molecule has 0 amide bonds. The van der Waals surface area contributed by atoms with Crippen LogP contribution in [0.25, 0.3) is 0 Å². The first kappa shape index (κ1) is 14.7. The Morgan fingerprint density at radius 1 is 1.14 bits per heavy atom. The summed E-state index contributed by atoms with van der Waals surface area (Å²) >= 11 is 0. The molecule has 4 nitrogen and oxygen atoms in total. The van der Waals surface area contributed by atoms with Crippen molar-refractivity contribution in [3.05, 3.63) is 53.3 Å². The molecule has 116 valence electrons. The Morgan fingerprint density at radius 2 is 1.95 bits per heavy atom. The second-order valence-corrected chi connectivity index (χ2v) is 5.19. The van der Waals surface area contributed by atoms with E-state index in [9.17, 15) is 4.39 Å². The molecule has 1 aliphatic heterocycles. The highest BCUT2D eigenvalue weighted by molar-refractivity contribution is 5.54. The summed E-state index contributed by atoms with van der Waals surface area (Å²) in [6, 6.07) is 10.6. The van der Waals surface area contributed by atoms with E-state index in [0.29, 0.717) is 11.5 Å². The lowest BCUT2D eigenvalue weighted by molar-refractivity contribution is -0.670. The van der Waals surface area contributed by atoms with Gasteiger partial charge >= 0.3 is 0 Å². The molecule has 2 N–H and O–H groups in total. The number of quaternary nitrogens is 1. The van der Waals surface area contributed by atoms with Crippen LogP contribution >= 0.6 is 0 Å². The molecule has 1 aliphatic rings. The predicted octanol–water partition coefficient (Wildman–Crippen LogP) is 1.87. The van der Waals surface area contributed by atoms with Crippen LogP contribution in [0.5, 0.6) is 17.2 Å². The quantitative estimate of drug-likeness (QED) is 0.829. The minimum absolute atomic E-state index is 0.194. The normalized spacial score (nSPS) is 12.5. The van der Waals surface area contributed by atoms with Crippen molar-refractivity contribution in [3.8, 4) is 17.2 Å². The van der Waals surface area contributed by atoms with Crippen molar-refractivity contribution in [2.45, 2.75) is 13.0 Å². The number of ether oxygens (including phenoxy) is 3. The summed E-state index contributed by atoms with van der Waals surface area (Å²) in [5, 5.41) is 2.21. The zero-order valence-corrected chi connectivity index (χ0v) is 12.5. The third-order valence-electron chi connectivity index (χ3n) is 3.65. The molecule has 0 bridgehead atoms. The van der Waals surface area contributed by atoms with E-state index in [4.69, 9.17) is 14.2 Å². The third kappa shape index (κ3) is 3.31. The van der Waals surface area contributed by atoms with Crippen molar-refractivity contribution in [1.29, 1.82) is 0 Å². The van der Waals surface area contributed by atoms with Crippen LogP contribution in [0.4, 0.5) is 4.39 Å². The number of fused-ring (bicyclic) bond motifs is 1. The minimum Gasteiger partial charge on any atom is -0.493 e. The third-order valence-corrected chi connectivity index (χ3v) is 3.65. The number of methoxy groups -OCH3 is 1. The van der Waals surface area contributed by atoms with Gasteiger partial charge in [-0.3, -0.25) is 0 Å². The number of hydrogen-bond acceptors (Lipinski definition) is 3. The van der Waals surface area contributed by atoms with Crippen LogP contribution in [0.2, 0.25) is 0 Å². The highest BCUT2D eigenvalue weighted by atomic mass is 19.1. The van der Waals surface area contributed by atoms with Crippen LogP contribution in [0.3, 0.4) is 0 Å². The number of nitrogens with two attached hydrogens (primary N) is 1. The van der Waals surface area contributed by atoms with E-state index in [0.717, 1.165) is 36.4 Å². The molecule has 0 saturated heterocycles. The molecule has 0 spiro atoms. The maximum absolute atomic E-state index is 12.8. The van der Waals surface area contributed by atoms with E-state index in [2.05, 4.69) is 5.32 Å². The Balaban J connectivity index is 1.54. The summed E-state index contributed by atoms with van der Waals surface area (Å²) in [7, 11) is 1.62. The number of halogens is 1. The van der Waals surface area contributed by atoms with Gasteiger partial charge in [-0.25, -0.2) is 4.39 Å². The summed E-state index contributed by atoms with van der Waals surface area (Å²) in [5.74, 6) is 1.93. The monoisotopic (exact) mass is 304 g/mol. The standard InChI is InChI=1S/C17H18FNO3/c1-20-15-8-13(9-16-17(15)22-11-21-16)10-19-7-6-12-2-4-14(18)5-3-12/h2-5,8-9,19H,6-7,10-11H2,1H3/p+1. The van der Waals surface area contributed by atoms with Crippen LogP contribution in [-0.2, 0) is 13.0 Å². The van der Waals surface area contributed by atoms with Crippen molar-refractivity contribution in [1.82, 2.24) is 0 Å². The smallest absolute Gasteiger partial charge is 0.231 e. The van der Waals surface area contributed by atoms with E-state index in [1.54, 1.807) is 7.11 Å². The molecule has 0 unspecified atom stereocenters. The molecule has 0 aliphatic carbocycles. The van der Waals surface area contributed by atoms with Crippen LogP contribution in [-0.4, -0.2) is 20.4 Å². The summed E-state index contributed by atoms with van der Waals surface area (Å²) in [6.45, 7) is 2.00. The van der Waals surface area contributed by atoms with Gasteiger partial charge in [0.05, 0.1) is 13.7 Å². The maximum Gasteiger partial charge on any atom is 0.231 e. The zero-order chi connectivity index (χ0) is 15.4. The Labute approximate surface area is 128 Å². The van der Waals surface area contributed by atoms with Gasteiger partial charge in [0.15, 0.2) is 11.5 Å². The summed E-state index contributed by atoms with van der Waals surface area (Å²) < 4.78 is 29.0. The van der Waals surface area contributed by atoms with Gasteiger partial charge < -0.3 is 19.5 Å². The average molecular weight is 304 g/mol. The van der Waals surface area contributed by atoms with Gasteiger partial charge in [0.2, 0.25) is 12.5 Å². The first-order valence-corrected chi connectivity index (χ1v) is 7.29. The highest BCUT2D eigenvalue weighted by Gasteiger charge is 2.20. The van der Waals surface area contributed by atoms with Crippen molar-refractivity contribution < 1.29 is 23.9 Å². The van der Waals surface area contributed by atoms with Crippen LogP contribution in [0.15, 0.2) is 36.4 Å². The second-order valence-electron chi connectivity index (χ2n) is 5.19. The van der Waals surface area contributed by atoms with E-state index in [1.165, 1.54) is 12.1 Å². The van der Waals surface area contributed by atoms with Gasteiger partial charge in [0.25, 0.3) is 0 Å². The first-order chi connectivity index (χ1) is 10.8. The van der Waals surface area contributed by atoms with Crippen molar-refractivity contribution in [3.63, 3.8) is 0 Å². The molecule has 0 aromatic heterocycles. The average Bonchev–Trinajstić information content (AvgIpc) is 3.01. The summed E-state index contributed by atoms with van der Waals surface area (Å²) in [5.41, 5.74) is 2.26. The Morgan fingerprint density at radius 3 is 2.73 bits per heavy atom. The molecule has 0 radical (unpaired) electrons. The fraction of sp³-hybridized carbons (Fsp3) is 0.294. The largest absolute Gasteiger partial charge is 0.493 e. The maximum atomic E-state index is 12.8. The van der Waals surface area contributed by atoms with Gasteiger partial charge in [-0.05, 0) is 29.8 Å². The number of rotatable bonds is 6. The van der Waals surface area contributed by atoms with Crippen LogP contribution in [0, 0.1) is 5.82 Å². The number of hydrogen-bond donors (Lipinski definition) is 1. The van der Waals surface area contributed by atoms with Gasteiger partial charge in [-0.2, -0.15) is 0 Å². The van der Waals surface area contributed by atoms with Crippen molar-refractivity contribution in [2.75, 3.05) is 20.4 Å². The molecule has 0 atom stereocenters. The van der Waals surface area contributed by atoms with Crippen LogP contribution < -0.4 is 19.5 Å². The molecule has 1 heterocycles. The summed E-state index contributed by atoms with van der Waals surface area (Å²) in [4.78, 5) is 0. The van der Waals surface area contributed by atoms with E-state index in [-0.39, 0.29) is 12.6 Å². The van der Waals surface area contributed by atoms with Crippen molar-refractivity contribution >= 4 is 0 Å². The molecule has 0 saturated carbocycles. The molecule has 3 rings (SSSR count). The zero-order valence-electron chi connectivity index (χ0n) is 12.5. The Bertz CT molecular complexity index is 643. The van der Waals surface area contributed by atoms with E-state index >= 15 is 0 Å². The second kappa shape index (κ2) is 6.66. The predicted molar refractivity (Wildman–Crippen MR) is 79.7 cm³/mol. The lowest BCUT2D eigenvalue weighted by Crippen LogP contribution is -2.83. The van der Waals surface area contributed by atoms with E-state index < -0.39 is 0 Å². The summed E-state index contributed by atoms with van der Waals surface area (Å²) in [6.07, 6.45) is 0.905. The van der Waals surface area contributed by atoms with E-state index in [1.807, 2.05) is 24.3 Å². The topological polar surface area (TPSA) is 44.3 Å². The molecule has 5 heteroatoms. The van der Waals surface area contributed by atoms with Crippen LogP contribution in [0.1, 0.15) is 11.1 Å². The molecular formula is C17H19FNO3+. The molecule has 2 aromatic carbocycles. The van der Waals surface area contributed by atoms with Gasteiger partial charge in [0, 0.05) is 12.0 Å². The highest BCUT2D eigenvalue weighted by Crippen LogP contribution is 2.41. The van der Waals surface area contributed by atoms with Gasteiger partial charge in [-0.15, -0.1) is 0 Å². The molecular weight excluding hydrogens is 285 g/mol. The number of benzene rings is 2. The fourth-order valence-electron chi connectivity index (χ4n) is 2.49. The fourth-order valence-corrected chi connectivity index (χ4v) is 2.49.